The van der Waals surface area contributed by atoms with Crippen molar-refractivity contribution in [1.29, 1.82) is 0 Å². The number of hydrogen-bond donors (Lipinski definition) is 2. The van der Waals surface area contributed by atoms with Crippen molar-refractivity contribution in [2.24, 2.45) is 0 Å². The quantitative estimate of drug-likeness (QED) is 0.490. The van der Waals surface area contributed by atoms with Crippen LogP contribution in [0.5, 0.6) is 0 Å². The van der Waals surface area contributed by atoms with Crippen LogP contribution in [0.15, 0.2) is 23.1 Å². The van der Waals surface area contributed by atoms with E-state index in [0.29, 0.717) is 4.31 Å². The van der Waals surface area contributed by atoms with Crippen molar-refractivity contribution >= 4 is 27.6 Å². The number of carboxylic acid groups (broad SMARTS) is 1. The minimum absolute atomic E-state index is 0.227. The molecular formula is C13H16FN3O7S. The number of aliphatic carboxylic acids is 1. The van der Waals surface area contributed by atoms with E-state index in [1.807, 2.05) is 0 Å². The SMILES string of the molecule is CC(=O)NCCN(C(C)C(=O)O)S(=O)(=O)c1cccc(F)c1[N+](=O)[O-]. The molecule has 1 rings (SSSR count). The number of carbonyl (C=O) groups is 2. The van der Waals surface area contributed by atoms with Gasteiger partial charge in [-0.15, -0.1) is 0 Å². The first kappa shape index (κ1) is 20.4. The van der Waals surface area contributed by atoms with E-state index in [4.69, 9.17) is 5.11 Å². The van der Waals surface area contributed by atoms with Gasteiger partial charge in [-0.1, -0.05) is 6.07 Å². The van der Waals surface area contributed by atoms with E-state index < -0.39 is 55.8 Å². The lowest BCUT2D eigenvalue weighted by atomic mass is 10.3. The fraction of sp³-hybridized carbons (Fsp3) is 0.385. The monoisotopic (exact) mass is 377 g/mol. The molecule has 1 amide bonds. The number of benzene rings is 1. The number of sulfonamides is 1. The number of rotatable bonds is 8. The second-order valence-corrected chi connectivity index (χ2v) is 6.82. The van der Waals surface area contributed by atoms with Crippen LogP contribution in [-0.4, -0.2) is 53.8 Å². The zero-order chi connectivity index (χ0) is 19.4. The lowest BCUT2D eigenvalue weighted by Crippen LogP contribution is -2.46. The fourth-order valence-electron chi connectivity index (χ4n) is 1.99. The van der Waals surface area contributed by atoms with Gasteiger partial charge in [0.25, 0.3) is 10.0 Å². The van der Waals surface area contributed by atoms with Crippen LogP contribution in [0, 0.1) is 15.9 Å². The summed E-state index contributed by atoms with van der Waals surface area (Å²) in [4.78, 5) is 31.0. The van der Waals surface area contributed by atoms with Crippen molar-refractivity contribution in [2.75, 3.05) is 13.1 Å². The molecule has 0 fully saturated rings. The van der Waals surface area contributed by atoms with E-state index in [1.165, 1.54) is 6.92 Å². The van der Waals surface area contributed by atoms with Crippen LogP contribution in [0.2, 0.25) is 0 Å². The second kappa shape index (κ2) is 7.98. The summed E-state index contributed by atoms with van der Waals surface area (Å²) < 4.78 is 39.6. The van der Waals surface area contributed by atoms with Crippen molar-refractivity contribution in [1.82, 2.24) is 9.62 Å². The predicted molar refractivity (Wildman–Crippen MR) is 82.7 cm³/mol. The number of nitrogens with one attached hydrogen (secondary N) is 1. The average molecular weight is 377 g/mol. The molecule has 25 heavy (non-hydrogen) atoms. The lowest BCUT2D eigenvalue weighted by Gasteiger charge is -2.25. The highest BCUT2D eigenvalue weighted by atomic mass is 32.2. The molecule has 0 aliphatic rings. The molecule has 10 nitrogen and oxygen atoms in total. The average Bonchev–Trinajstić information content (AvgIpc) is 2.49. The Hall–Kier alpha value is -2.60. The molecule has 12 heteroatoms. The molecule has 0 aromatic heterocycles. The van der Waals surface area contributed by atoms with Crippen molar-refractivity contribution in [3.63, 3.8) is 0 Å². The number of carbonyl (C=O) groups excluding carboxylic acids is 1. The van der Waals surface area contributed by atoms with E-state index in [1.54, 1.807) is 0 Å². The molecule has 138 valence electrons. The van der Waals surface area contributed by atoms with E-state index >= 15 is 0 Å². The maximum Gasteiger partial charge on any atom is 0.324 e. The maximum absolute atomic E-state index is 13.7. The Morgan fingerprint density at radius 2 is 2.04 bits per heavy atom. The maximum atomic E-state index is 13.7. The van der Waals surface area contributed by atoms with Gasteiger partial charge in [0.2, 0.25) is 11.7 Å². The van der Waals surface area contributed by atoms with Crippen LogP contribution in [0.3, 0.4) is 0 Å². The third-order valence-electron chi connectivity index (χ3n) is 3.21. The number of amides is 1. The number of hydrogen-bond acceptors (Lipinski definition) is 6. The second-order valence-electron chi connectivity index (χ2n) is 4.96. The Bertz CT molecular complexity index is 797. The summed E-state index contributed by atoms with van der Waals surface area (Å²) in [6.45, 7) is 1.54. The van der Waals surface area contributed by atoms with Gasteiger partial charge >= 0.3 is 11.7 Å². The van der Waals surface area contributed by atoms with Crippen LogP contribution in [0.4, 0.5) is 10.1 Å². The smallest absolute Gasteiger partial charge is 0.324 e. The van der Waals surface area contributed by atoms with Crippen LogP contribution in [0.25, 0.3) is 0 Å². The zero-order valence-electron chi connectivity index (χ0n) is 13.3. The van der Waals surface area contributed by atoms with Gasteiger partial charge in [-0.25, -0.2) is 8.42 Å². The van der Waals surface area contributed by atoms with Gasteiger partial charge in [-0.2, -0.15) is 8.70 Å². The first-order valence-electron chi connectivity index (χ1n) is 6.92. The Labute approximate surface area is 142 Å². The van der Waals surface area contributed by atoms with E-state index in [-0.39, 0.29) is 6.54 Å². The summed E-state index contributed by atoms with van der Waals surface area (Å²) in [5, 5.41) is 22.4. The van der Waals surface area contributed by atoms with Crippen LogP contribution in [0.1, 0.15) is 13.8 Å². The number of nitro benzene ring substituents is 1. The van der Waals surface area contributed by atoms with Crippen LogP contribution in [-0.2, 0) is 19.6 Å². The number of halogens is 1. The first-order valence-corrected chi connectivity index (χ1v) is 8.36. The minimum Gasteiger partial charge on any atom is -0.480 e. The Morgan fingerprint density at radius 3 is 2.52 bits per heavy atom. The van der Waals surface area contributed by atoms with Gasteiger partial charge in [0.05, 0.1) is 4.92 Å². The summed E-state index contributed by atoms with van der Waals surface area (Å²) in [5.74, 6) is -3.35. The summed E-state index contributed by atoms with van der Waals surface area (Å²) in [6, 6.07) is 0.907. The van der Waals surface area contributed by atoms with Gasteiger partial charge < -0.3 is 10.4 Å². The topological polar surface area (TPSA) is 147 Å². The van der Waals surface area contributed by atoms with Crippen molar-refractivity contribution in [3.05, 3.63) is 34.1 Å². The lowest BCUT2D eigenvalue weighted by molar-refractivity contribution is -0.390. The highest BCUT2D eigenvalue weighted by molar-refractivity contribution is 7.89. The molecule has 0 bridgehead atoms. The third-order valence-corrected chi connectivity index (χ3v) is 5.22. The molecule has 0 aliphatic carbocycles. The fourth-order valence-corrected chi connectivity index (χ4v) is 3.75. The molecule has 0 spiro atoms. The molecular weight excluding hydrogens is 361 g/mol. The van der Waals surface area contributed by atoms with Crippen molar-refractivity contribution in [3.8, 4) is 0 Å². The highest BCUT2D eigenvalue weighted by Crippen LogP contribution is 2.30. The molecule has 1 atom stereocenters. The Kier molecular flexibility index (Phi) is 6.53. The molecule has 0 saturated heterocycles. The standard InChI is InChI=1S/C13H16FN3O7S/c1-8(13(19)20)16(7-6-15-9(2)18)25(23,24)11-5-3-4-10(14)12(11)17(21)22/h3-5,8H,6-7H2,1-2H3,(H,15,18)(H,19,20). The van der Waals surface area contributed by atoms with Gasteiger partial charge in [-0.3, -0.25) is 19.7 Å². The largest absolute Gasteiger partial charge is 0.480 e. The van der Waals surface area contributed by atoms with Crippen molar-refractivity contribution in [2.45, 2.75) is 24.8 Å². The molecule has 2 N–H and O–H groups in total. The molecule has 0 radical (unpaired) electrons. The molecule has 0 saturated carbocycles. The van der Waals surface area contributed by atoms with E-state index in [0.717, 1.165) is 25.1 Å². The molecule has 1 aromatic rings. The first-order chi connectivity index (χ1) is 11.5. The number of para-hydroxylation sites is 1. The molecule has 1 unspecified atom stereocenters. The van der Waals surface area contributed by atoms with Gasteiger partial charge in [-0.05, 0) is 19.1 Å². The number of carboxylic acids is 1. The third kappa shape index (κ3) is 4.70. The van der Waals surface area contributed by atoms with E-state index in [9.17, 15) is 32.5 Å². The van der Waals surface area contributed by atoms with Gasteiger partial charge in [0.15, 0.2) is 4.90 Å². The predicted octanol–water partition coefficient (Wildman–Crippen LogP) is 0.334. The van der Waals surface area contributed by atoms with Crippen molar-refractivity contribution < 1.29 is 32.4 Å². The normalized spacial score (nSPS) is 12.6. The Morgan fingerprint density at radius 1 is 1.44 bits per heavy atom. The number of nitrogens with zero attached hydrogens (tertiary/aromatic N) is 2. The number of nitro groups is 1. The summed E-state index contributed by atoms with van der Waals surface area (Å²) in [6.07, 6.45) is 0. The molecule has 0 heterocycles. The molecule has 1 aromatic carbocycles. The molecule has 0 aliphatic heterocycles. The van der Waals surface area contributed by atoms with Crippen LogP contribution < -0.4 is 5.32 Å². The van der Waals surface area contributed by atoms with Gasteiger partial charge in [0, 0.05) is 20.0 Å². The van der Waals surface area contributed by atoms with E-state index in [2.05, 4.69) is 5.32 Å². The zero-order valence-corrected chi connectivity index (χ0v) is 14.1. The highest BCUT2D eigenvalue weighted by Gasteiger charge is 2.38. The Balaban J connectivity index is 3.42. The summed E-state index contributed by atoms with van der Waals surface area (Å²) in [7, 11) is -4.72. The summed E-state index contributed by atoms with van der Waals surface area (Å²) in [5.41, 5.74) is -1.27. The minimum atomic E-state index is -4.72. The van der Waals surface area contributed by atoms with Crippen LogP contribution >= 0.6 is 0 Å². The van der Waals surface area contributed by atoms with Gasteiger partial charge in [0.1, 0.15) is 6.04 Å². The summed E-state index contributed by atoms with van der Waals surface area (Å²) >= 11 is 0.